The van der Waals surface area contributed by atoms with Crippen LogP contribution in [0.1, 0.15) is 12.5 Å². The van der Waals surface area contributed by atoms with Gasteiger partial charge in [-0.05, 0) is 17.7 Å². The Bertz CT molecular complexity index is 515. The minimum absolute atomic E-state index is 0.0335. The van der Waals surface area contributed by atoms with E-state index in [1.54, 1.807) is 0 Å². The Hall–Kier alpha value is -1.42. The summed E-state index contributed by atoms with van der Waals surface area (Å²) in [6.07, 6.45) is 0. The molecule has 2 aromatic rings. The summed E-state index contributed by atoms with van der Waals surface area (Å²) < 4.78 is 0. The van der Waals surface area contributed by atoms with E-state index >= 15 is 0 Å². The number of hydrogen-bond donors (Lipinski definition) is 3. The average molecular weight is 246 g/mol. The van der Waals surface area contributed by atoms with Crippen LogP contribution < -0.4 is 5.32 Å². The van der Waals surface area contributed by atoms with Gasteiger partial charge < -0.3 is 15.5 Å². The Labute approximate surface area is 107 Å². The van der Waals surface area contributed by atoms with Crippen LogP contribution in [0.3, 0.4) is 0 Å². The molecule has 0 spiro atoms. The molecule has 3 nitrogen and oxygen atoms in total. The van der Waals surface area contributed by atoms with Crippen molar-refractivity contribution in [2.45, 2.75) is 19.0 Å². The SMILES string of the molecule is CC(CO)(CO)[NH2+]Cc1cccc2ccccc12. The van der Waals surface area contributed by atoms with E-state index in [0.29, 0.717) is 0 Å². The van der Waals surface area contributed by atoms with Crippen molar-refractivity contribution < 1.29 is 15.5 Å². The molecule has 0 fully saturated rings. The van der Waals surface area contributed by atoms with Gasteiger partial charge in [0.05, 0.1) is 13.2 Å². The van der Waals surface area contributed by atoms with Crippen LogP contribution in [0, 0.1) is 0 Å². The van der Waals surface area contributed by atoms with E-state index in [9.17, 15) is 10.2 Å². The molecular formula is C15H20NO2+. The fourth-order valence-electron chi connectivity index (χ4n) is 2.01. The van der Waals surface area contributed by atoms with Gasteiger partial charge in [-0.1, -0.05) is 42.5 Å². The molecule has 2 rings (SSSR count). The Kier molecular flexibility index (Phi) is 3.97. The summed E-state index contributed by atoms with van der Waals surface area (Å²) in [7, 11) is 0. The topological polar surface area (TPSA) is 57.1 Å². The van der Waals surface area contributed by atoms with Gasteiger partial charge in [-0.15, -0.1) is 0 Å². The van der Waals surface area contributed by atoms with Crippen LogP contribution in [-0.4, -0.2) is 29.0 Å². The maximum atomic E-state index is 9.29. The summed E-state index contributed by atoms with van der Waals surface area (Å²) >= 11 is 0. The van der Waals surface area contributed by atoms with Crippen LogP contribution in [-0.2, 0) is 6.54 Å². The summed E-state index contributed by atoms with van der Waals surface area (Å²) in [5.74, 6) is 0. The van der Waals surface area contributed by atoms with E-state index in [1.165, 1.54) is 16.3 Å². The first-order valence-corrected chi connectivity index (χ1v) is 6.21. The highest BCUT2D eigenvalue weighted by molar-refractivity contribution is 5.85. The molecule has 0 atom stereocenters. The second-order valence-electron chi connectivity index (χ2n) is 5.02. The average Bonchev–Trinajstić information content (AvgIpc) is 2.44. The zero-order chi connectivity index (χ0) is 13.0. The van der Waals surface area contributed by atoms with Crippen molar-refractivity contribution in [3.63, 3.8) is 0 Å². The number of quaternary nitrogens is 1. The van der Waals surface area contributed by atoms with Gasteiger partial charge >= 0.3 is 0 Å². The van der Waals surface area contributed by atoms with Gasteiger partial charge in [0, 0.05) is 5.56 Å². The number of rotatable bonds is 5. The van der Waals surface area contributed by atoms with Gasteiger partial charge in [0.1, 0.15) is 12.1 Å². The zero-order valence-corrected chi connectivity index (χ0v) is 10.6. The lowest BCUT2D eigenvalue weighted by molar-refractivity contribution is -0.741. The fourth-order valence-corrected chi connectivity index (χ4v) is 2.01. The van der Waals surface area contributed by atoms with Gasteiger partial charge in [0.2, 0.25) is 0 Å². The molecule has 0 aliphatic rings. The van der Waals surface area contributed by atoms with E-state index in [1.807, 2.05) is 30.4 Å². The first kappa shape index (κ1) is 13.0. The standard InChI is InChI=1S/C15H19NO2/c1-15(10-17,11-18)16-9-13-7-4-6-12-5-2-3-8-14(12)13/h2-8,16-18H,9-11H2,1H3/p+1. The summed E-state index contributed by atoms with van der Waals surface area (Å²) in [6.45, 7) is 2.54. The van der Waals surface area contributed by atoms with Crippen LogP contribution in [0.2, 0.25) is 0 Å². The lowest BCUT2D eigenvalue weighted by Crippen LogP contribution is -2.97. The van der Waals surface area contributed by atoms with Crippen molar-refractivity contribution in [1.29, 1.82) is 0 Å². The predicted molar refractivity (Wildman–Crippen MR) is 72.2 cm³/mol. The van der Waals surface area contributed by atoms with Crippen molar-refractivity contribution in [2.75, 3.05) is 13.2 Å². The van der Waals surface area contributed by atoms with Crippen LogP contribution in [0.5, 0.6) is 0 Å². The molecule has 0 unspecified atom stereocenters. The lowest BCUT2D eigenvalue weighted by Gasteiger charge is -2.23. The molecule has 96 valence electrons. The minimum atomic E-state index is -0.517. The Balaban J connectivity index is 2.22. The highest BCUT2D eigenvalue weighted by Crippen LogP contribution is 2.17. The summed E-state index contributed by atoms with van der Waals surface area (Å²) in [6, 6.07) is 14.5. The third-order valence-corrected chi connectivity index (χ3v) is 3.42. The van der Waals surface area contributed by atoms with Crippen LogP contribution in [0.4, 0.5) is 0 Å². The van der Waals surface area contributed by atoms with Gasteiger partial charge in [0.25, 0.3) is 0 Å². The molecule has 0 aliphatic heterocycles. The van der Waals surface area contributed by atoms with Gasteiger partial charge in [-0.3, -0.25) is 0 Å². The molecule has 0 bridgehead atoms. The van der Waals surface area contributed by atoms with Crippen LogP contribution in [0.25, 0.3) is 10.8 Å². The molecule has 0 amide bonds. The third kappa shape index (κ3) is 2.70. The molecule has 4 N–H and O–H groups in total. The first-order valence-electron chi connectivity index (χ1n) is 6.21. The number of benzene rings is 2. The maximum Gasteiger partial charge on any atom is 0.140 e. The molecule has 0 aliphatic carbocycles. The Morgan fingerprint density at radius 1 is 1.00 bits per heavy atom. The second kappa shape index (κ2) is 5.48. The van der Waals surface area contributed by atoms with Crippen molar-refractivity contribution in [3.05, 3.63) is 48.0 Å². The normalized spacial score (nSPS) is 11.9. The zero-order valence-electron chi connectivity index (χ0n) is 10.6. The fraction of sp³-hybridized carbons (Fsp3) is 0.333. The van der Waals surface area contributed by atoms with Crippen molar-refractivity contribution in [2.24, 2.45) is 0 Å². The second-order valence-corrected chi connectivity index (χ2v) is 5.02. The van der Waals surface area contributed by atoms with E-state index < -0.39 is 5.54 Å². The third-order valence-electron chi connectivity index (χ3n) is 3.42. The van der Waals surface area contributed by atoms with E-state index in [4.69, 9.17) is 0 Å². The molecule has 2 aromatic carbocycles. The van der Waals surface area contributed by atoms with Gasteiger partial charge in [0.15, 0.2) is 0 Å². The van der Waals surface area contributed by atoms with Gasteiger partial charge in [-0.2, -0.15) is 0 Å². The van der Waals surface area contributed by atoms with Crippen molar-refractivity contribution >= 4 is 10.8 Å². The highest BCUT2D eigenvalue weighted by atomic mass is 16.3. The van der Waals surface area contributed by atoms with E-state index in [2.05, 4.69) is 24.3 Å². The molecule has 0 saturated carbocycles. The largest absolute Gasteiger partial charge is 0.390 e. The number of aliphatic hydroxyl groups is 2. The molecule has 18 heavy (non-hydrogen) atoms. The molecule has 0 heterocycles. The first-order chi connectivity index (χ1) is 8.68. The number of aliphatic hydroxyl groups excluding tert-OH is 2. The molecule has 0 radical (unpaired) electrons. The van der Waals surface area contributed by atoms with Crippen LogP contribution >= 0.6 is 0 Å². The number of fused-ring (bicyclic) bond motifs is 1. The quantitative estimate of drug-likeness (QED) is 0.725. The molecule has 3 heteroatoms. The summed E-state index contributed by atoms with van der Waals surface area (Å²) in [5.41, 5.74) is 0.706. The van der Waals surface area contributed by atoms with Gasteiger partial charge in [-0.25, -0.2) is 0 Å². The summed E-state index contributed by atoms with van der Waals surface area (Å²) in [4.78, 5) is 0. The number of hydrogen-bond acceptors (Lipinski definition) is 2. The predicted octanol–water partition coefficient (Wildman–Crippen LogP) is 0.647. The van der Waals surface area contributed by atoms with Crippen molar-refractivity contribution in [3.8, 4) is 0 Å². The molecule has 0 aromatic heterocycles. The number of nitrogens with two attached hydrogens (primary N) is 1. The monoisotopic (exact) mass is 246 g/mol. The van der Waals surface area contributed by atoms with Crippen molar-refractivity contribution in [1.82, 2.24) is 0 Å². The maximum absolute atomic E-state index is 9.29. The molecule has 0 saturated heterocycles. The van der Waals surface area contributed by atoms with E-state index in [0.717, 1.165) is 6.54 Å². The highest BCUT2D eigenvalue weighted by Gasteiger charge is 2.25. The minimum Gasteiger partial charge on any atom is -0.390 e. The van der Waals surface area contributed by atoms with Crippen LogP contribution in [0.15, 0.2) is 42.5 Å². The smallest absolute Gasteiger partial charge is 0.140 e. The van der Waals surface area contributed by atoms with E-state index in [-0.39, 0.29) is 13.2 Å². The Morgan fingerprint density at radius 2 is 1.67 bits per heavy atom. The Morgan fingerprint density at radius 3 is 2.39 bits per heavy atom. The molecular weight excluding hydrogens is 226 g/mol. The summed E-state index contributed by atoms with van der Waals surface area (Å²) in [5, 5.41) is 23.0. The lowest BCUT2D eigenvalue weighted by atomic mass is 10.0.